The predicted molar refractivity (Wildman–Crippen MR) is 133 cm³/mol. The van der Waals surface area contributed by atoms with Crippen molar-refractivity contribution in [2.45, 2.75) is 162 Å². The van der Waals surface area contributed by atoms with Crippen LogP contribution in [0, 0.1) is 5.92 Å². The van der Waals surface area contributed by atoms with Crippen molar-refractivity contribution in [1.82, 2.24) is 0 Å². The molecule has 0 aromatic carbocycles. The number of hydrogen-bond donors (Lipinski definition) is 0. The maximum absolute atomic E-state index is 11.7. The van der Waals surface area contributed by atoms with Crippen molar-refractivity contribution in [3.8, 4) is 0 Å². The van der Waals surface area contributed by atoms with Gasteiger partial charge in [-0.1, -0.05) is 143 Å². The Bertz CT molecular complexity index is 338. The van der Waals surface area contributed by atoms with Gasteiger partial charge in [-0.05, 0) is 18.8 Å². The fourth-order valence-corrected chi connectivity index (χ4v) is 4.08. The molecule has 0 aromatic heterocycles. The van der Waals surface area contributed by atoms with Gasteiger partial charge in [-0.25, -0.2) is 0 Å². The number of carbonyl (C=O) groups is 1. The molecule has 0 fully saturated rings. The van der Waals surface area contributed by atoms with Gasteiger partial charge in [0, 0.05) is 6.42 Å². The van der Waals surface area contributed by atoms with E-state index in [1.807, 2.05) is 0 Å². The summed E-state index contributed by atoms with van der Waals surface area (Å²) in [5.74, 6) is 0.814. The second-order valence-electron chi connectivity index (χ2n) is 9.87. The summed E-state index contributed by atoms with van der Waals surface area (Å²) in [7, 11) is 0. The normalized spacial score (nSPS) is 11.3. The van der Waals surface area contributed by atoms with Crippen LogP contribution < -0.4 is 0 Å². The standard InChI is InChI=1S/C28H56O2/c1-4-5-6-7-8-9-10-11-12-13-14-15-16-17-20-23-26-30-28(29)25-22-19-18-21-24-27(2)3/h27H,4-26H2,1-3H3. The largest absolute Gasteiger partial charge is 0.466 e. The lowest BCUT2D eigenvalue weighted by atomic mass is 10.0. The van der Waals surface area contributed by atoms with Crippen LogP contribution >= 0.6 is 0 Å². The van der Waals surface area contributed by atoms with Crippen LogP contribution in [-0.2, 0) is 9.53 Å². The smallest absolute Gasteiger partial charge is 0.305 e. The van der Waals surface area contributed by atoms with Gasteiger partial charge >= 0.3 is 5.97 Å². The zero-order valence-electron chi connectivity index (χ0n) is 21.2. The SMILES string of the molecule is CCCCCCCCCCCCCCCCCCOC(=O)CCCCCCC(C)C. The molecule has 0 unspecified atom stereocenters. The Labute approximate surface area is 190 Å². The molecule has 0 atom stereocenters. The number of unbranched alkanes of at least 4 members (excludes halogenated alkanes) is 18. The minimum absolute atomic E-state index is 0.0137. The minimum Gasteiger partial charge on any atom is -0.466 e. The Hall–Kier alpha value is -0.530. The van der Waals surface area contributed by atoms with Crippen LogP contribution in [0.1, 0.15) is 162 Å². The van der Waals surface area contributed by atoms with Crippen LogP contribution in [0.15, 0.2) is 0 Å². The lowest BCUT2D eigenvalue weighted by Gasteiger charge is -2.06. The monoisotopic (exact) mass is 424 g/mol. The molecule has 0 rings (SSSR count). The van der Waals surface area contributed by atoms with Crippen molar-refractivity contribution in [3.63, 3.8) is 0 Å². The summed E-state index contributed by atoms with van der Waals surface area (Å²) in [6.45, 7) is 7.46. The Morgan fingerprint density at radius 3 is 1.43 bits per heavy atom. The highest BCUT2D eigenvalue weighted by Gasteiger charge is 2.03. The second-order valence-corrected chi connectivity index (χ2v) is 9.87. The summed E-state index contributed by atoms with van der Waals surface area (Å²) in [4.78, 5) is 11.7. The van der Waals surface area contributed by atoms with E-state index in [1.165, 1.54) is 122 Å². The average Bonchev–Trinajstić information content (AvgIpc) is 2.72. The topological polar surface area (TPSA) is 26.3 Å². The third-order valence-corrected chi connectivity index (χ3v) is 6.17. The first-order valence-electron chi connectivity index (χ1n) is 13.8. The summed E-state index contributed by atoms with van der Waals surface area (Å²) in [6, 6.07) is 0. The minimum atomic E-state index is 0.0137. The van der Waals surface area contributed by atoms with E-state index in [1.54, 1.807) is 0 Å². The third kappa shape index (κ3) is 25.5. The molecular weight excluding hydrogens is 368 g/mol. The molecule has 0 N–H and O–H groups in total. The lowest BCUT2D eigenvalue weighted by molar-refractivity contribution is -0.143. The van der Waals surface area contributed by atoms with Crippen molar-refractivity contribution in [3.05, 3.63) is 0 Å². The number of hydrogen-bond acceptors (Lipinski definition) is 2. The zero-order chi connectivity index (χ0) is 22.1. The van der Waals surface area contributed by atoms with Crippen LogP contribution in [-0.4, -0.2) is 12.6 Å². The molecule has 0 amide bonds. The van der Waals surface area contributed by atoms with E-state index in [0.717, 1.165) is 18.8 Å². The number of ether oxygens (including phenoxy) is 1. The van der Waals surface area contributed by atoms with Crippen LogP contribution in [0.2, 0.25) is 0 Å². The third-order valence-electron chi connectivity index (χ3n) is 6.17. The van der Waals surface area contributed by atoms with Crippen molar-refractivity contribution in [2.75, 3.05) is 6.61 Å². The molecule has 0 aromatic rings. The molecule has 0 radical (unpaired) electrons. The Morgan fingerprint density at radius 2 is 0.967 bits per heavy atom. The van der Waals surface area contributed by atoms with Gasteiger partial charge in [0.2, 0.25) is 0 Å². The summed E-state index contributed by atoms with van der Waals surface area (Å²) < 4.78 is 5.37. The van der Waals surface area contributed by atoms with E-state index in [-0.39, 0.29) is 5.97 Å². The van der Waals surface area contributed by atoms with E-state index < -0.39 is 0 Å². The lowest BCUT2D eigenvalue weighted by Crippen LogP contribution is -2.05. The van der Waals surface area contributed by atoms with Gasteiger partial charge in [0.05, 0.1) is 6.61 Å². The van der Waals surface area contributed by atoms with Gasteiger partial charge in [0.1, 0.15) is 0 Å². The highest BCUT2D eigenvalue weighted by atomic mass is 16.5. The first kappa shape index (κ1) is 29.5. The summed E-state index contributed by atoms with van der Waals surface area (Å²) >= 11 is 0. The fourth-order valence-electron chi connectivity index (χ4n) is 4.08. The highest BCUT2D eigenvalue weighted by molar-refractivity contribution is 5.69. The van der Waals surface area contributed by atoms with E-state index in [9.17, 15) is 4.79 Å². The molecule has 2 heteroatoms. The van der Waals surface area contributed by atoms with E-state index in [2.05, 4.69) is 20.8 Å². The molecule has 0 saturated heterocycles. The molecule has 30 heavy (non-hydrogen) atoms. The second kappa shape index (κ2) is 24.7. The van der Waals surface area contributed by atoms with Crippen LogP contribution in [0.25, 0.3) is 0 Å². The Morgan fingerprint density at radius 1 is 0.567 bits per heavy atom. The molecule has 0 bridgehead atoms. The molecule has 0 spiro atoms. The van der Waals surface area contributed by atoms with Gasteiger partial charge in [0.15, 0.2) is 0 Å². The first-order valence-corrected chi connectivity index (χ1v) is 13.8. The van der Waals surface area contributed by atoms with Crippen LogP contribution in [0.3, 0.4) is 0 Å². The van der Waals surface area contributed by atoms with E-state index >= 15 is 0 Å². The van der Waals surface area contributed by atoms with Crippen LogP contribution in [0.5, 0.6) is 0 Å². The maximum atomic E-state index is 11.7. The van der Waals surface area contributed by atoms with Crippen molar-refractivity contribution >= 4 is 5.97 Å². The molecule has 0 aliphatic carbocycles. The predicted octanol–water partition coefficient (Wildman–Crippen LogP) is 9.79. The molecule has 2 nitrogen and oxygen atoms in total. The van der Waals surface area contributed by atoms with Crippen molar-refractivity contribution in [2.24, 2.45) is 5.92 Å². The summed E-state index contributed by atoms with van der Waals surface area (Å²) in [5, 5.41) is 0. The number of carbonyl (C=O) groups excluding carboxylic acids is 1. The maximum Gasteiger partial charge on any atom is 0.305 e. The molecule has 0 aliphatic heterocycles. The van der Waals surface area contributed by atoms with Gasteiger partial charge < -0.3 is 4.74 Å². The van der Waals surface area contributed by atoms with Gasteiger partial charge in [-0.3, -0.25) is 4.79 Å². The van der Waals surface area contributed by atoms with E-state index in [4.69, 9.17) is 4.74 Å². The van der Waals surface area contributed by atoms with E-state index in [0.29, 0.717) is 13.0 Å². The molecule has 0 aliphatic rings. The van der Waals surface area contributed by atoms with Crippen molar-refractivity contribution in [1.29, 1.82) is 0 Å². The average molecular weight is 425 g/mol. The summed E-state index contributed by atoms with van der Waals surface area (Å²) in [6.07, 6.45) is 28.6. The van der Waals surface area contributed by atoms with Crippen LogP contribution in [0.4, 0.5) is 0 Å². The highest BCUT2D eigenvalue weighted by Crippen LogP contribution is 2.14. The summed E-state index contributed by atoms with van der Waals surface area (Å²) in [5.41, 5.74) is 0. The Balaban J connectivity index is 3.12. The molecule has 0 saturated carbocycles. The number of esters is 1. The van der Waals surface area contributed by atoms with Crippen molar-refractivity contribution < 1.29 is 9.53 Å². The number of rotatable bonds is 24. The van der Waals surface area contributed by atoms with Gasteiger partial charge in [-0.2, -0.15) is 0 Å². The van der Waals surface area contributed by atoms with Gasteiger partial charge in [-0.15, -0.1) is 0 Å². The zero-order valence-corrected chi connectivity index (χ0v) is 21.2. The first-order chi connectivity index (χ1) is 14.7. The quantitative estimate of drug-likeness (QED) is 0.114. The molecule has 180 valence electrons. The molecular formula is C28H56O2. The van der Waals surface area contributed by atoms with Gasteiger partial charge in [0.25, 0.3) is 0 Å². The Kier molecular flexibility index (Phi) is 24.3. The molecule has 0 heterocycles. The fraction of sp³-hybridized carbons (Fsp3) is 0.964.